The first kappa shape index (κ1) is 19.1. The third-order valence-corrected chi connectivity index (χ3v) is 3.75. The molecule has 144 valence electrons. The summed E-state index contributed by atoms with van der Waals surface area (Å²) in [6.45, 7) is 5.86. The van der Waals surface area contributed by atoms with E-state index in [0.29, 0.717) is 0 Å². The Bertz CT molecular complexity index is 980. The van der Waals surface area contributed by atoms with Gasteiger partial charge in [0.15, 0.2) is 17.2 Å². The molecule has 3 rings (SSSR count). The number of nitrogens with one attached hydrogen (secondary N) is 1. The molecule has 0 atom stereocenters. The van der Waals surface area contributed by atoms with Crippen LogP contribution in [-0.2, 0) is 17.8 Å². The van der Waals surface area contributed by atoms with Gasteiger partial charge in [0.25, 0.3) is 0 Å². The minimum Gasteiger partial charge on any atom is -0.333 e. The zero-order valence-electron chi connectivity index (χ0n) is 14.3. The summed E-state index contributed by atoms with van der Waals surface area (Å²) in [5.74, 6) is -2.04. The molecule has 27 heavy (non-hydrogen) atoms. The Kier molecular flexibility index (Phi) is 4.16. The lowest BCUT2D eigenvalue weighted by molar-refractivity contribution is -0.151. The van der Waals surface area contributed by atoms with Crippen LogP contribution in [0.4, 0.5) is 26.3 Å². The lowest BCUT2D eigenvalue weighted by Gasteiger charge is -2.18. The lowest BCUT2D eigenvalue weighted by atomic mass is 9.88. The van der Waals surface area contributed by atoms with Crippen molar-refractivity contribution in [2.45, 2.75) is 38.5 Å². The maximum absolute atomic E-state index is 13.2. The number of fused-ring (bicyclic) bond motifs is 1. The highest BCUT2D eigenvalue weighted by molar-refractivity contribution is 5.78. The SMILES string of the molecule is CC(C)(C)c1ccc(-c2nc3nc(C(F)(F)F)nc(C(F)(F)F)c3[nH]2)nc1. The van der Waals surface area contributed by atoms with Crippen LogP contribution in [0.25, 0.3) is 22.7 Å². The van der Waals surface area contributed by atoms with Crippen LogP contribution >= 0.6 is 0 Å². The normalized spacial score (nSPS) is 13.4. The molecule has 3 heterocycles. The first-order valence-electron chi connectivity index (χ1n) is 7.66. The highest BCUT2D eigenvalue weighted by atomic mass is 19.4. The maximum Gasteiger partial charge on any atom is 0.451 e. The summed E-state index contributed by atoms with van der Waals surface area (Å²) >= 11 is 0. The van der Waals surface area contributed by atoms with Gasteiger partial charge in [0.05, 0.1) is 0 Å². The number of aromatic amines is 1. The van der Waals surface area contributed by atoms with Gasteiger partial charge < -0.3 is 4.98 Å². The Morgan fingerprint density at radius 1 is 0.852 bits per heavy atom. The topological polar surface area (TPSA) is 67.3 Å². The number of hydrogen-bond donors (Lipinski definition) is 1. The molecule has 3 aromatic rings. The molecule has 5 nitrogen and oxygen atoms in total. The van der Waals surface area contributed by atoms with Gasteiger partial charge in [-0.2, -0.15) is 26.3 Å². The van der Waals surface area contributed by atoms with Crippen LogP contribution in [0.15, 0.2) is 18.3 Å². The third kappa shape index (κ3) is 3.71. The second-order valence-electron chi connectivity index (χ2n) is 6.86. The average molecular weight is 389 g/mol. The average Bonchev–Trinajstić information content (AvgIpc) is 2.95. The molecule has 0 aliphatic rings. The minimum atomic E-state index is -5.14. The largest absolute Gasteiger partial charge is 0.451 e. The van der Waals surface area contributed by atoms with Crippen molar-refractivity contribution in [1.82, 2.24) is 24.9 Å². The summed E-state index contributed by atoms with van der Waals surface area (Å²) in [5, 5.41) is 0. The summed E-state index contributed by atoms with van der Waals surface area (Å²) < 4.78 is 78.0. The zero-order chi connectivity index (χ0) is 20.2. The first-order chi connectivity index (χ1) is 12.3. The summed E-state index contributed by atoms with van der Waals surface area (Å²) in [6.07, 6.45) is -8.73. The number of pyridine rings is 1. The van der Waals surface area contributed by atoms with E-state index in [4.69, 9.17) is 0 Å². The van der Waals surface area contributed by atoms with Crippen LogP contribution in [0, 0.1) is 0 Å². The van der Waals surface area contributed by atoms with Gasteiger partial charge in [-0.15, -0.1) is 0 Å². The van der Waals surface area contributed by atoms with Crippen LogP contribution in [0.2, 0.25) is 0 Å². The molecular formula is C16H13F6N5. The molecule has 1 N–H and O–H groups in total. The van der Waals surface area contributed by atoms with Crippen LogP contribution in [0.1, 0.15) is 37.9 Å². The van der Waals surface area contributed by atoms with Gasteiger partial charge in [-0.25, -0.2) is 15.0 Å². The van der Waals surface area contributed by atoms with E-state index in [-0.39, 0.29) is 16.9 Å². The highest BCUT2D eigenvalue weighted by Crippen LogP contribution is 2.36. The summed E-state index contributed by atoms with van der Waals surface area (Å²) in [6, 6.07) is 3.23. The molecule has 0 amide bonds. The predicted octanol–water partition coefficient (Wildman–Crippen LogP) is 4.75. The number of H-pyrrole nitrogens is 1. The molecule has 0 bridgehead atoms. The summed E-state index contributed by atoms with van der Waals surface area (Å²) in [4.78, 5) is 16.0. The fourth-order valence-corrected chi connectivity index (χ4v) is 2.33. The van der Waals surface area contributed by atoms with Crippen molar-refractivity contribution in [3.8, 4) is 11.5 Å². The summed E-state index contributed by atoms with van der Waals surface area (Å²) in [7, 11) is 0. The van der Waals surface area contributed by atoms with E-state index in [1.165, 1.54) is 12.3 Å². The third-order valence-electron chi connectivity index (χ3n) is 3.75. The fourth-order valence-electron chi connectivity index (χ4n) is 2.33. The van der Waals surface area contributed by atoms with Gasteiger partial charge in [-0.05, 0) is 17.0 Å². The second kappa shape index (κ2) is 5.89. The van der Waals surface area contributed by atoms with Gasteiger partial charge in [0.1, 0.15) is 11.2 Å². The molecule has 0 radical (unpaired) electrons. The molecule has 0 spiro atoms. The van der Waals surface area contributed by atoms with E-state index in [1.54, 1.807) is 6.07 Å². The Labute approximate surface area is 148 Å². The molecule has 0 saturated heterocycles. The van der Waals surface area contributed by atoms with E-state index in [2.05, 4.69) is 24.9 Å². The van der Waals surface area contributed by atoms with Gasteiger partial charge >= 0.3 is 12.4 Å². The Morgan fingerprint density at radius 2 is 1.52 bits per heavy atom. The Hall–Kier alpha value is -2.72. The van der Waals surface area contributed by atoms with Crippen molar-refractivity contribution in [2.75, 3.05) is 0 Å². The Balaban J connectivity index is 2.17. The van der Waals surface area contributed by atoms with Crippen LogP contribution in [0.5, 0.6) is 0 Å². The predicted molar refractivity (Wildman–Crippen MR) is 83.6 cm³/mol. The molecule has 0 saturated carbocycles. The van der Waals surface area contributed by atoms with Crippen molar-refractivity contribution < 1.29 is 26.3 Å². The lowest BCUT2D eigenvalue weighted by Crippen LogP contribution is -2.17. The van der Waals surface area contributed by atoms with Crippen molar-refractivity contribution in [3.63, 3.8) is 0 Å². The van der Waals surface area contributed by atoms with E-state index < -0.39 is 35.0 Å². The monoisotopic (exact) mass is 389 g/mol. The van der Waals surface area contributed by atoms with Crippen molar-refractivity contribution >= 4 is 11.2 Å². The van der Waals surface area contributed by atoms with E-state index >= 15 is 0 Å². The number of hydrogen-bond acceptors (Lipinski definition) is 4. The fraction of sp³-hybridized carbons (Fsp3) is 0.375. The Morgan fingerprint density at radius 3 is 2.00 bits per heavy atom. The van der Waals surface area contributed by atoms with E-state index in [0.717, 1.165) is 5.56 Å². The van der Waals surface area contributed by atoms with E-state index in [9.17, 15) is 26.3 Å². The zero-order valence-corrected chi connectivity index (χ0v) is 14.3. The first-order valence-corrected chi connectivity index (χ1v) is 7.66. The molecule has 11 heteroatoms. The van der Waals surface area contributed by atoms with Crippen LogP contribution in [-0.4, -0.2) is 24.9 Å². The second-order valence-corrected chi connectivity index (χ2v) is 6.86. The number of alkyl halides is 6. The van der Waals surface area contributed by atoms with Gasteiger partial charge in [-0.1, -0.05) is 26.8 Å². The highest BCUT2D eigenvalue weighted by Gasteiger charge is 2.42. The van der Waals surface area contributed by atoms with Crippen LogP contribution in [0.3, 0.4) is 0 Å². The van der Waals surface area contributed by atoms with Crippen molar-refractivity contribution in [2.24, 2.45) is 0 Å². The number of halogens is 6. The van der Waals surface area contributed by atoms with Gasteiger partial charge in [0, 0.05) is 6.20 Å². The van der Waals surface area contributed by atoms with Gasteiger partial charge in [-0.3, -0.25) is 4.98 Å². The number of nitrogens with zero attached hydrogens (tertiary/aromatic N) is 4. The van der Waals surface area contributed by atoms with Crippen molar-refractivity contribution in [1.29, 1.82) is 0 Å². The maximum atomic E-state index is 13.2. The molecule has 3 aromatic heterocycles. The standard InChI is InChI=1S/C16H13F6N5/c1-14(2,3)7-4-5-8(23-6-7)11-24-9-10(15(17,18)19)25-13(16(20,21)22)27-12(9)26-11/h4-6H,1-3H3,(H,24,25,26,27). The quantitative estimate of drug-likeness (QED) is 0.610. The number of imidazole rings is 1. The molecule has 0 aliphatic heterocycles. The van der Waals surface area contributed by atoms with Gasteiger partial charge in [0.2, 0.25) is 5.82 Å². The van der Waals surface area contributed by atoms with Crippen LogP contribution < -0.4 is 0 Å². The molecular weight excluding hydrogens is 376 g/mol. The van der Waals surface area contributed by atoms with Crippen molar-refractivity contribution in [3.05, 3.63) is 35.4 Å². The molecule has 0 aliphatic carbocycles. The minimum absolute atomic E-state index is 0.135. The smallest absolute Gasteiger partial charge is 0.333 e. The molecule has 0 fully saturated rings. The molecule has 0 aromatic carbocycles. The number of rotatable bonds is 1. The summed E-state index contributed by atoms with van der Waals surface area (Å²) in [5.41, 5.74) is -2.35. The molecule has 0 unspecified atom stereocenters. The number of aromatic nitrogens is 5. The van der Waals surface area contributed by atoms with E-state index in [1.807, 2.05) is 20.8 Å².